The van der Waals surface area contributed by atoms with Crippen molar-refractivity contribution in [3.05, 3.63) is 71.5 Å². The van der Waals surface area contributed by atoms with E-state index in [2.05, 4.69) is 5.32 Å². The molecule has 0 radical (unpaired) electrons. The fourth-order valence-corrected chi connectivity index (χ4v) is 3.34. The Kier molecular flexibility index (Phi) is 5.12. The van der Waals surface area contributed by atoms with Crippen LogP contribution in [0.5, 0.6) is 0 Å². The predicted octanol–water partition coefficient (Wildman–Crippen LogP) is 3.05. The zero-order valence-electron chi connectivity index (χ0n) is 14.1. The molecule has 0 aromatic heterocycles. The first-order chi connectivity index (χ1) is 12.1. The van der Waals surface area contributed by atoms with Gasteiger partial charge in [0.05, 0.1) is 12.0 Å². The third-order valence-electron chi connectivity index (χ3n) is 4.72. The molecule has 3 rings (SSSR count). The topological polar surface area (TPSA) is 49.4 Å². The minimum Gasteiger partial charge on any atom is -0.352 e. The molecule has 5 heteroatoms. The summed E-state index contributed by atoms with van der Waals surface area (Å²) in [4.78, 5) is 26.5. The molecule has 1 fully saturated rings. The van der Waals surface area contributed by atoms with Gasteiger partial charge in [-0.05, 0) is 29.7 Å². The highest BCUT2D eigenvalue weighted by Gasteiger charge is 2.38. The molecule has 1 aliphatic rings. The highest BCUT2D eigenvalue weighted by atomic mass is 19.1. The molecular formula is C20H21FN2O2. The molecule has 2 atom stereocenters. The zero-order chi connectivity index (χ0) is 17.8. The summed E-state index contributed by atoms with van der Waals surface area (Å²) in [5.74, 6) is -0.633. The van der Waals surface area contributed by atoms with Crippen molar-refractivity contribution in [1.82, 2.24) is 10.2 Å². The number of benzene rings is 2. The molecule has 2 amide bonds. The molecule has 2 aromatic carbocycles. The van der Waals surface area contributed by atoms with Gasteiger partial charge in [-0.2, -0.15) is 0 Å². The first-order valence-electron chi connectivity index (χ1n) is 8.39. The zero-order valence-corrected chi connectivity index (χ0v) is 14.1. The van der Waals surface area contributed by atoms with Gasteiger partial charge in [0, 0.05) is 20.0 Å². The maximum absolute atomic E-state index is 13.0. The van der Waals surface area contributed by atoms with Crippen molar-refractivity contribution >= 4 is 11.8 Å². The van der Waals surface area contributed by atoms with E-state index in [9.17, 15) is 14.0 Å². The second kappa shape index (κ2) is 7.47. The standard InChI is InChI=1S/C20H21FN2O2/c1-23-18(24)12-11-17(19(23)15-5-3-2-4-6-15)20(25)22-13-14-7-9-16(21)10-8-14/h2-10,17,19H,11-13H2,1H3,(H,22,25)/t17-,19-/m1/s1. The number of amides is 2. The Labute approximate surface area is 146 Å². The van der Waals surface area contributed by atoms with Crippen LogP contribution in [0.2, 0.25) is 0 Å². The molecule has 0 saturated carbocycles. The molecule has 25 heavy (non-hydrogen) atoms. The monoisotopic (exact) mass is 340 g/mol. The number of halogens is 1. The van der Waals surface area contributed by atoms with Gasteiger partial charge < -0.3 is 10.2 Å². The van der Waals surface area contributed by atoms with Crippen molar-refractivity contribution in [2.45, 2.75) is 25.4 Å². The molecule has 1 N–H and O–H groups in total. The van der Waals surface area contributed by atoms with E-state index in [1.165, 1.54) is 12.1 Å². The molecule has 130 valence electrons. The number of hydrogen-bond acceptors (Lipinski definition) is 2. The molecule has 0 bridgehead atoms. The van der Waals surface area contributed by atoms with Crippen LogP contribution < -0.4 is 5.32 Å². The molecular weight excluding hydrogens is 319 g/mol. The summed E-state index contributed by atoms with van der Waals surface area (Å²) in [6.07, 6.45) is 0.895. The first kappa shape index (κ1) is 17.1. The van der Waals surface area contributed by atoms with Gasteiger partial charge in [0.1, 0.15) is 5.82 Å². The fraction of sp³-hybridized carbons (Fsp3) is 0.300. The van der Waals surface area contributed by atoms with Crippen LogP contribution in [0, 0.1) is 11.7 Å². The quantitative estimate of drug-likeness (QED) is 0.930. The molecule has 0 aliphatic carbocycles. The van der Waals surface area contributed by atoms with E-state index in [0.717, 1.165) is 11.1 Å². The normalized spacial score (nSPS) is 20.4. The van der Waals surface area contributed by atoms with Gasteiger partial charge in [-0.3, -0.25) is 9.59 Å². The van der Waals surface area contributed by atoms with E-state index in [0.29, 0.717) is 19.4 Å². The van der Waals surface area contributed by atoms with Crippen molar-refractivity contribution in [2.75, 3.05) is 7.05 Å². The lowest BCUT2D eigenvalue weighted by molar-refractivity contribution is -0.141. The average molecular weight is 340 g/mol. The summed E-state index contributed by atoms with van der Waals surface area (Å²) in [7, 11) is 1.75. The smallest absolute Gasteiger partial charge is 0.225 e. The SMILES string of the molecule is CN1C(=O)CC[C@@H](C(=O)NCc2ccc(F)cc2)[C@H]1c1ccccc1. The number of likely N-dealkylation sites (tertiary alicyclic amines) is 1. The van der Waals surface area contributed by atoms with Gasteiger partial charge in [0.2, 0.25) is 11.8 Å². The summed E-state index contributed by atoms with van der Waals surface area (Å²) in [6.45, 7) is 0.342. The predicted molar refractivity (Wildman–Crippen MR) is 92.9 cm³/mol. The number of carbonyl (C=O) groups excluding carboxylic acids is 2. The van der Waals surface area contributed by atoms with Gasteiger partial charge in [-0.15, -0.1) is 0 Å². The summed E-state index contributed by atoms with van der Waals surface area (Å²) in [6, 6.07) is 15.4. The van der Waals surface area contributed by atoms with Crippen molar-refractivity contribution < 1.29 is 14.0 Å². The Morgan fingerprint density at radius 3 is 2.52 bits per heavy atom. The summed E-state index contributed by atoms with van der Waals surface area (Å²) in [5, 5.41) is 2.92. The molecule has 4 nitrogen and oxygen atoms in total. The molecule has 2 aromatic rings. The highest BCUT2D eigenvalue weighted by molar-refractivity contribution is 5.84. The molecule has 1 aliphatic heterocycles. The number of carbonyl (C=O) groups is 2. The van der Waals surface area contributed by atoms with E-state index in [4.69, 9.17) is 0 Å². The average Bonchev–Trinajstić information content (AvgIpc) is 2.64. The van der Waals surface area contributed by atoms with Crippen molar-refractivity contribution in [3.63, 3.8) is 0 Å². The minimum atomic E-state index is -0.300. The Hall–Kier alpha value is -2.69. The molecule has 1 saturated heterocycles. The van der Waals surface area contributed by atoms with Crippen LogP contribution in [0.15, 0.2) is 54.6 Å². The lowest BCUT2D eigenvalue weighted by Gasteiger charge is -2.38. The van der Waals surface area contributed by atoms with Crippen LogP contribution in [0.1, 0.15) is 30.0 Å². The summed E-state index contributed by atoms with van der Waals surface area (Å²) in [5.41, 5.74) is 1.80. The van der Waals surface area contributed by atoms with Gasteiger partial charge >= 0.3 is 0 Å². The second-order valence-corrected chi connectivity index (χ2v) is 6.35. The summed E-state index contributed by atoms with van der Waals surface area (Å²) >= 11 is 0. The van der Waals surface area contributed by atoms with E-state index < -0.39 is 0 Å². The third kappa shape index (κ3) is 3.87. The van der Waals surface area contributed by atoms with Crippen LogP contribution in [0.4, 0.5) is 4.39 Å². The maximum atomic E-state index is 13.0. The Morgan fingerprint density at radius 1 is 1.16 bits per heavy atom. The maximum Gasteiger partial charge on any atom is 0.225 e. The van der Waals surface area contributed by atoms with Crippen LogP contribution in [-0.2, 0) is 16.1 Å². The van der Waals surface area contributed by atoms with Crippen molar-refractivity contribution in [1.29, 1.82) is 0 Å². The van der Waals surface area contributed by atoms with Crippen molar-refractivity contribution in [2.24, 2.45) is 5.92 Å². The van der Waals surface area contributed by atoms with E-state index in [1.54, 1.807) is 24.1 Å². The number of nitrogens with zero attached hydrogens (tertiary/aromatic N) is 1. The lowest BCUT2D eigenvalue weighted by atomic mass is 9.84. The third-order valence-corrected chi connectivity index (χ3v) is 4.72. The van der Waals surface area contributed by atoms with Crippen LogP contribution >= 0.6 is 0 Å². The number of nitrogens with one attached hydrogen (secondary N) is 1. The van der Waals surface area contributed by atoms with Gasteiger partial charge in [0.25, 0.3) is 0 Å². The Balaban J connectivity index is 1.74. The number of piperidine rings is 1. The second-order valence-electron chi connectivity index (χ2n) is 6.35. The van der Waals surface area contributed by atoms with Gasteiger partial charge in [-0.1, -0.05) is 42.5 Å². The Bertz CT molecular complexity index is 746. The van der Waals surface area contributed by atoms with Crippen LogP contribution in [0.25, 0.3) is 0 Å². The molecule has 1 heterocycles. The van der Waals surface area contributed by atoms with Gasteiger partial charge in [-0.25, -0.2) is 4.39 Å². The van der Waals surface area contributed by atoms with Crippen molar-refractivity contribution in [3.8, 4) is 0 Å². The lowest BCUT2D eigenvalue weighted by Crippen LogP contribution is -2.46. The largest absolute Gasteiger partial charge is 0.352 e. The molecule has 0 spiro atoms. The summed E-state index contributed by atoms with van der Waals surface area (Å²) < 4.78 is 13.0. The Morgan fingerprint density at radius 2 is 1.84 bits per heavy atom. The van der Waals surface area contributed by atoms with E-state index >= 15 is 0 Å². The number of hydrogen-bond donors (Lipinski definition) is 1. The van der Waals surface area contributed by atoms with Crippen LogP contribution in [0.3, 0.4) is 0 Å². The first-order valence-corrected chi connectivity index (χ1v) is 8.39. The van der Waals surface area contributed by atoms with Crippen LogP contribution in [-0.4, -0.2) is 23.8 Å². The highest BCUT2D eigenvalue weighted by Crippen LogP contribution is 2.35. The molecule has 0 unspecified atom stereocenters. The van der Waals surface area contributed by atoms with Gasteiger partial charge in [0.15, 0.2) is 0 Å². The number of rotatable bonds is 4. The minimum absolute atomic E-state index is 0.0523. The van der Waals surface area contributed by atoms with E-state index in [1.807, 2.05) is 30.3 Å². The van der Waals surface area contributed by atoms with E-state index in [-0.39, 0.29) is 29.6 Å². The fourth-order valence-electron chi connectivity index (χ4n) is 3.34.